The number of aromatic nitrogens is 4. The average molecular weight is 516 g/mol. The second kappa shape index (κ2) is 10.1. The van der Waals surface area contributed by atoms with Crippen LogP contribution >= 0.6 is 0 Å². The monoisotopic (exact) mass is 515 g/mol. The number of carbonyl (C=O) groups is 1. The van der Waals surface area contributed by atoms with E-state index >= 15 is 0 Å². The number of hydrogen-bond acceptors (Lipinski definition) is 7. The van der Waals surface area contributed by atoms with Gasteiger partial charge in [0.25, 0.3) is 5.91 Å². The lowest BCUT2D eigenvalue weighted by molar-refractivity contribution is 0.0850. The molecular formula is C28H30FN7O2. The van der Waals surface area contributed by atoms with Gasteiger partial charge in [-0.05, 0) is 47.6 Å². The van der Waals surface area contributed by atoms with Gasteiger partial charge in [-0.25, -0.2) is 18.9 Å². The number of anilines is 2. The number of hydrogen-bond donors (Lipinski definition) is 3. The molecule has 0 unspecified atom stereocenters. The van der Waals surface area contributed by atoms with Gasteiger partial charge in [0.15, 0.2) is 11.5 Å². The van der Waals surface area contributed by atoms with Gasteiger partial charge >= 0.3 is 0 Å². The molecule has 1 amide bonds. The number of halogens is 1. The highest BCUT2D eigenvalue weighted by Gasteiger charge is 2.28. The molecule has 38 heavy (non-hydrogen) atoms. The average Bonchev–Trinajstić information content (AvgIpc) is 3.52. The Hall–Kier alpha value is -3.89. The number of pyridine rings is 1. The zero-order valence-electron chi connectivity index (χ0n) is 21.4. The van der Waals surface area contributed by atoms with Crippen molar-refractivity contribution >= 4 is 23.1 Å². The molecule has 2 aliphatic heterocycles. The summed E-state index contributed by atoms with van der Waals surface area (Å²) >= 11 is 0. The number of amides is 1. The summed E-state index contributed by atoms with van der Waals surface area (Å²) in [7, 11) is 0. The highest BCUT2D eigenvalue weighted by molar-refractivity contribution is 6.06. The van der Waals surface area contributed by atoms with Crippen LogP contribution in [-0.4, -0.2) is 44.7 Å². The maximum atomic E-state index is 13.6. The fourth-order valence-electron chi connectivity index (χ4n) is 5.29. The SMILES string of the molecule is CC(C)NCc1nc(Nc2ccc(-c3cnn4cc(F)cnc34)c3c2C(=O)NC3)ccc1C1CCOCC1. The van der Waals surface area contributed by atoms with Crippen LogP contribution in [0, 0.1) is 5.82 Å². The Morgan fingerprint density at radius 2 is 2.00 bits per heavy atom. The van der Waals surface area contributed by atoms with Crippen molar-refractivity contribution in [1.29, 1.82) is 0 Å². The van der Waals surface area contributed by atoms with Crippen molar-refractivity contribution in [2.24, 2.45) is 0 Å². The van der Waals surface area contributed by atoms with Crippen LogP contribution in [0.4, 0.5) is 15.9 Å². The molecule has 10 heteroatoms. The molecule has 9 nitrogen and oxygen atoms in total. The first-order valence-corrected chi connectivity index (χ1v) is 13.0. The predicted molar refractivity (Wildman–Crippen MR) is 142 cm³/mol. The molecule has 1 aromatic carbocycles. The van der Waals surface area contributed by atoms with Gasteiger partial charge in [-0.2, -0.15) is 5.10 Å². The van der Waals surface area contributed by atoms with E-state index in [0.717, 1.165) is 48.4 Å². The summed E-state index contributed by atoms with van der Waals surface area (Å²) in [5.41, 5.74) is 6.47. The van der Waals surface area contributed by atoms with E-state index in [0.29, 0.717) is 47.8 Å². The van der Waals surface area contributed by atoms with Gasteiger partial charge in [-0.15, -0.1) is 0 Å². The van der Waals surface area contributed by atoms with E-state index in [1.807, 2.05) is 18.2 Å². The Balaban J connectivity index is 1.35. The lowest BCUT2D eigenvalue weighted by atomic mass is 9.90. The topological polar surface area (TPSA) is 105 Å². The highest BCUT2D eigenvalue weighted by atomic mass is 19.1. The van der Waals surface area contributed by atoms with Gasteiger partial charge in [-0.3, -0.25) is 4.79 Å². The molecule has 0 aliphatic carbocycles. The molecular weight excluding hydrogens is 485 g/mol. The number of nitrogens with one attached hydrogen (secondary N) is 3. The molecule has 0 radical (unpaired) electrons. The summed E-state index contributed by atoms with van der Waals surface area (Å²) < 4.78 is 20.6. The summed E-state index contributed by atoms with van der Waals surface area (Å²) in [5.74, 6) is 0.494. The summed E-state index contributed by atoms with van der Waals surface area (Å²) in [6.07, 6.45) is 6.08. The van der Waals surface area contributed by atoms with Gasteiger partial charge in [0.05, 0.1) is 35.5 Å². The van der Waals surface area contributed by atoms with Crippen LogP contribution in [-0.2, 0) is 17.8 Å². The molecule has 1 fully saturated rings. The summed E-state index contributed by atoms with van der Waals surface area (Å²) in [4.78, 5) is 22.1. The first-order valence-electron chi connectivity index (χ1n) is 13.0. The Bertz CT molecular complexity index is 1510. The predicted octanol–water partition coefficient (Wildman–Crippen LogP) is 4.31. The van der Waals surface area contributed by atoms with Crippen LogP contribution < -0.4 is 16.0 Å². The van der Waals surface area contributed by atoms with Gasteiger partial charge < -0.3 is 20.7 Å². The molecule has 4 aromatic rings. The number of benzene rings is 1. The van der Waals surface area contributed by atoms with Crippen molar-refractivity contribution in [3.63, 3.8) is 0 Å². The zero-order chi connectivity index (χ0) is 26.2. The molecule has 196 valence electrons. The van der Waals surface area contributed by atoms with Crippen molar-refractivity contribution < 1.29 is 13.9 Å². The quantitative estimate of drug-likeness (QED) is 0.337. The summed E-state index contributed by atoms with van der Waals surface area (Å²) in [5, 5.41) is 14.1. The first kappa shape index (κ1) is 24.4. The minimum absolute atomic E-state index is 0.152. The van der Waals surface area contributed by atoms with Crippen molar-refractivity contribution in [2.75, 3.05) is 18.5 Å². The van der Waals surface area contributed by atoms with E-state index in [4.69, 9.17) is 9.72 Å². The fourth-order valence-corrected chi connectivity index (χ4v) is 5.29. The fraction of sp³-hybridized carbons (Fsp3) is 0.357. The number of rotatable bonds is 7. The molecule has 3 aromatic heterocycles. The molecule has 6 rings (SSSR count). The molecule has 3 N–H and O–H groups in total. The Morgan fingerprint density at radius 3 is 2.82 bits per heavy atom. The maximum absolute atomic E-state index is 13.6. The van der Waals surface area contributed by atoms with Gasteiger partial charge in [0, 0.05) is 37.9 Å². The number of ether oxygens (including phenoxy) is 1. The number of carbonyl (C=O) groups excluding carboxylic acids is 1. The molecule has 0 saturated carbocycles. The van der Waals surface area contributed by atoms with Crippen LogP contribution in [0.15, 0.2) is 42.9 Å². The number of fused-ring (bicyclic) bond motifs is 2. The lowest BCUT2D eigenvalue weighted by Gasteiger charge is -2.25. The Labute approximate surface area is 219 Å². The molecule has 1 saturated heterocycles. The van der Waals surface area contributed by atoms with E-state index < -0.39 is 5.82 Å². The van der Waals surface area contributed by atoms with Crippen LogP contribution in [0.25, 0.3) is 16.8 Å². The first-order chi connectivity index (χ1) is 18.5. The van der Waals surface area contributed by atoms with Crippen molar-refractivity contribution in [3.05, 3.63) is 71.1 Å². The second-order valence-corrected chi connectivity index (χ2v) is 10.1. The number of nitrogens with zero attached hydrogens (tertiary/aromatic N) is 4. The van der Waals surface area contributed by atoms with Crippen LogP contribution in [0.2, 0.25) is 0 Å². The van der Waals surface area contributed by atoms with Crippen LogP contribution in [0.5, 0.6) is 0 Å². The van der Waals surface area contributed by atoms with Gasteiger partial charge in [-0.1, -0.05) is 26.0 Å². The molecule has 2 aliphatic rings. The van der Waals surface area contributed by atoms with Crippen molar-refractivity contribution in [3.8, 4) is 11.1 Å². The van der Waals surface area contributed by atoms with Gasteiger partial charge in [0.1, 0.15) is 5.82 Å². The minimum Gasteiger partial charge on any atom is -0.381 e. The molecule has 0 spiro atoms. The van der Waals surface area contributed by atoms with Crippen LogP contribution in [0.1, 0.15) is 59.8 Å². The zero-order valence-corrected chi connectivity index (χ0v) is 21.4. The maximum Gasteiger partial charge on any atom is 0.254 e. The minimum atomic E-state index is -0.466. The Morgan fingerprint density at radius 1 is 1.16 bits per heavy atom. The van der Waals surface area contributed by atoms with E-state index in [-0.39, 0.29) is 5.91 Å². The Kier molecular flexibility index (Phi) is 6.50. The summed E-state index contributed by atoms with van der Waals surface area (Å²) in [6.45, 7) is 6.83. The standard InChI is InChI=1S/C28H30FN7O2/c1-16(2)30-14-24-19(17-7-9-38-10-8-17)4-6-25(35-24)34-23-5-3-20(21-12-32-28(37)26(21)23)22-13-33-36-15-18(29)11-31-27(22)36/h3-6,11,13,15-17,30H,7-10,12,14H2,1-2H3,(H,32,37)(H,34,35). The van der Waals surface area contributed by atoms with E-state index in [1.54, 1.807) is 6.20 Å². The molecule has 0 bridgehead atoms. The lowest BCUT2D eigenvalue weighted by Crippen LogP contribution is -2.25. The second-order valence-electron chi connectivity index (χ2n) is 10.1. The van der Waals surface area contributed by atoms with Gasteiger partial charge in [0.2, 0.25) is 0 Å². The third-order valence-electron chi connectivity index (χ3n) is 7.19. The smallest absolute Gasteiger partial charge is 0.254 e. The molecule has 0 atom stereocenters. The van der Waals surface area contributed by atoms with E-state index in [2.05, 4.69) is 45.9 Å². The molecule has 5 heterocycles. The largest absolute Gasteiger partial charge is 0.381 e. The highest BCUT2D eigenvalue weighted by Crippen LogP contribution is 2.37. The third-order valence-corrected chi connectivity index (χ3v) is 7.19. The van der Waals surface area contributed by atoms with E-state index in [9.17, 15) is 9.18 Å². The van der Waals surface area contributed by atoms with Crippen molar-refractivity contribution in [1.82, 2.24) is 30.2 Å². The summed E-state index contributed by atoms with van der Waals surface area (Å²) in [6, 6.07) is 8.30. The van der Waals surface area contributed by atoms with Crippen LogP contribution in [0.3, 0.4) is 0 Å². The van der Waals surface area contributed by atoms with E-state index in [1.165, 1.54) is 22.5 Å². The normalized spacial score (nSPS) is 15.7. The third kappa shape index (κ3) is 4.61. The van der Waals surface area contributed by atoms with Crippen molar-refractivity contribution in [2.45, 2.75) is 51.7 Å².